The molecule has 0 spiro atoms. The molecule has 18 heavy (non-hydrogen) atoms. The number of benzene rings is 2. The highest BCUT2D eigenvalue weighted by Crippen LogP contribution is 2.33. The second kappa shape index (κ2) is 6.36. The molecule has 0 amide bonds. The predicted octanol–water partition coefficient (Wildman–Crippen LogP) is 6.20. The summed E-state index contributed by atoms with van der Waals surface area (Å²) < 4.78 is 2.28. The molecule has 0 radical (unpaired) electrons. The van der Waals surface area contributed by atoms with Crippen LogP contribution in [0.4, 0.5) is 0 Å². The maximum atomic E-state index is 3.78. The fourth-order valence-electron chi connectivity index (χ4n) is 1.84. The lowest BCUT2D eigenvalue weighted by Gasteiger charge is -2.13. The zero-order valence-electron chi connectivity index (χ0n) is 9.96. The molecule has 1 atom stereocenters. The van der Waals surface area contributed by atoms with Gasteiger partial charge in [-0.05, 0) is 42.7 Å². The molecule has 0 aromatic heterocycles. The minimum atomic E-state index is 0.327. The Morgan fingerprint density at radius 1 is 1.00 bits per heavy atom. The molecule has 3 heteroatoms. The summed E-state index contributed by atoms with van der Waals surface area (Å²) in [6.45, 7) is 2.12. The minimum absolute atomic E-state index is 0.327. The number of rotatable bonds is 3. The average Bonchev–Trinajstić information content (AvgIpc) is 2.35. The van der Waals surface area contributed by atoms with E-state index in [4.69, 9.17) is 0 Å². The highest BCUT2D eigenvalue weighted by atomic mass is 79.9. The fraction of sp³-hybridized carbons (Fsp3) is 0.200. The molecule has 0 fully saturated rings. The van der Waals surface area contributed by atoms with E-state index in [0.717, 1.165) is 15.4 Å². The van der Waals surface area contributed by atoms with E-state index in [1.165, 1.54) is 16.7 Å². The Morgan fingerprint density at radius 3 is 2.33 bits per heavy atom. The summed E-state index contributed by atoms with van der Waals surface area (Å²) in [5.41, 5.74) is 3.92. The van der Waals surface area contributed by atoms with Crippen molar-refractivity contribution in [2.75, 3.05) is 0 Å². The van der Waals surface area contributed by atoms with Crippen LogP contribution in [-0.4, -0.2) is 0 Å². The van der Waals surface area contributed by atoms with Crippen molar-refractivity contribution in [1.29, 1.82) is 0 Å². The standard InChI is InChI=1S/C15H13Br3/c1-10-2-7-14(17)13(8-10)15(18)9-11-3-5-12(16)6-4-11/h2-8,15H,9H2,1H3. The van der Waals surface area contributed by atoms with Crippen LogP contribution in [0.1, 0.15) is 21.5 Å². The Balaban J connectivity index is 2.18. The smallest absolute Gasteiger partial charge is 0.0446 e. The fourth-order valence-corrected chi connectivity index (χ4v) is 3.69. The molecule has 0 saturated carbocycles. The van der Waals surface area contributed by atoms with Gasteiger partial charge in [0.05, 0.1) is 0 Å². The topological polar surface area (TPSA) is 0 Å². The predicted molar refractivity (Wildman–Crippen MR) is 88.4 cm³/mol. The second-order valence-electron chi connectivity index (χ2n) is 4.32. The molecule has 2 aromatic rings. The summed E-state index contributed by atoms with van der Waals surface area (Å²) in [4.78, 5) is 0.327. The highest BCUT2D eigenvalue weighted by Gasteiger charge is 2.12. The van der Waals surface area contributed by atoms with Gasteiger partial charge in [-0.25, -0.2) is 0 Å². The molecule has 2 rings (SSSR count). The quantitative estimate of drug-likeness (QED) is 0.506. The van der Waals surface area contributed by atoms with Crippen molar-refractivity contribution < 1.29 is 0 Å². The van der Waals surface area contributed by atoms with Gasteiger partial charge in [-0.15, -0.1) is 0 Å². The SMILES string of the molecule is Cc1ccc(Br)c(C(Br)Cc2ccc(Br)cc2)c1. The molecule has 94 valence electrons. The van der Waals surface area contributed by atoms with Gasteiger partial charge in [0.2, 0.25) is 0 Å². The first kappa shape index (κ1) is 14.3. The van der Waals surface area contributed by atoms with Gasteiger partial charge in [0.1, 0.15) is 0 Å². The molecule has 0 aliphatic rings. The molecule has 1 unspecified atom stereocenters. The van der Waals surface area contributed by atoms with E-state index < -0.39 is 0 Å². The largest absolute Gasteiger partial charge is 0.0835 e. The van der Waals surface area contributed by atoms with Gasteiger partial charge in [0.15, 0.2) is 0 Å². The zero-order valence-corrected chi connectivity index (χ0v) is 14.7. The molecule has 0 aliphatic heterocycles. The van der Waals surface area contributed by atoms with Gasteiger partial charge in [0.25, 0.3) is 0 Å². The normalized spacial score (nSPS) is 12.4. The molecule has 0 nitrogen and oxygen atoms in total. The summed E-state index contributed by atoms with van der Waals surface area (Å²) in [7, 11) is 0. The molecular weight excluding hydrogens is 420 g/mol. The van der Waals surface area contributed by atoms with Crippen molar-refractivity contribution >= 4 is 47.8 Å². The number of hydrogen-bond acceptors (Lipinski definition) is 0. The van der Waals surface area contributed by atoms with Crippen LogP contribution in [-0.2, 0) is 6.42 Å². The van der Waals surface area contributed by atoms with Crippen LogP contribution in [0.15, 0.2) is 51.4 Å². The van der Waals surface area contributed by atoms with E-state index in [1.54, 1.807) is 0 Å². The summed E-state index contributed by atoms with van der Waals surface area (Å²) in [5, 5.41) is 0. The van der Waals surface area contributed by atoms with Crippen LogP contribution in [0.2, 0.25) is 0 Å². The van der Waals surface area contributed by atoms with Crippen molar-refractivity contribution in [2.45, 2.75) is 18.2 Å². The third-order valence-electron chi connectivity index (χ3n) is 2.82. The third kappa shape index (κ3) is 3.69. The zero-order chi connectivity index (χ0) is 13.1. The Labute approximate surface area is 133 Å². The van der Waals surface area contributed by atoms with Gasteiger partial charge in [-0.1, -0.05) is 77.6 Å². The first-order chi connectivity index (χ1) is 8.56. The van der Waals surface area contributed by atoms with Crippen molar-refractivity contribution in [1.82, 2.24) is 0 Å². The van der Waals surface area contributed by atoms with Crippen molar-refractivity contribution in [3.05, 3.63) is 68.1 Å². The van der Waals surface area contributed by atoms with E-state index in [-0.39, 0.29) is 0 Å². The van der Waals surface area contributed by atoms with Gasteiger partial charge >= 0.3 is 0 Å². The molecule has 2 aromatic carbocycles. The van der Waals surface area contributed by atoms with E-state index in [1.807, 2.05) is 0 Å². The molecule has 0 N–H and O–H groups in total. The van der Waals surface area contributed by atoms with Crippen LogP contribution >= 0.6 is 47.8 Å². The maximum Gasteiger partial charge on any atom is 0.0446 e. The first-order valence-corrected chi connectivity index (χ1v) is 8.21. The van der Waals surface area contributed by atoms with E-state index >= 15 is 0 Å². The minimum Gasteiger partial charge on any atom is -0.0835 e. The first-order valence-electron chi connectivity index (χ1n) is 5.71. The van der Waals surface area contributed by atoms with Crippen LogP contribution in [0.3, 0.4) is 0 Å². The molecular formula is C15H13Br3. The Kier molecular flexibility index (Phi) is 5.05. The molecule has 0 heterocycles. The van der Waals surface area contributed by atoms with Crippen LogP contribution < -0.4 is 0 Å². The van der Waals surface area contributed by atoms with Gasteiger partial charge in [-0.2, -0.15) is 0 Å². The Morgan fingerprint density at radius 2 is 1.67 bits per heavy atom. The van der Waals surface area contributed by atoms with Crippen LogP contribution in [0, 0.1) is 6.92 Å². The number of halogens is 3. The summed E-state index contributed by atoms with van der Waals surface area (Å²) in [6, 6.07) is 14.9. The lowest BCUT2D eigenvalue weighted by atomic mass is 10.0. The van der Waals surface area contributed by atoms with E-state index in [9.17, 15) is 0 Å². The van der Waals surface area contributed by atoms with Gasteiger partial charge in [0, 0.05) is 13.8 Å². The monoisotopic (exact) mass is 430 g/mol. The average molecular weight is 433 g/mol. The van der Waals surface area contributed by atoms with Crippen LogP contribution in [0.25, 0.3) is 0 Å². The van der Waals surface area contributed by atoms with Crippen molar-refractivity contribution in [3.63, 3.8) is 0 Å². The number of aryl methyl sites for hydroxylation is 1. The van der Waals surface area contributed by atoms with Gasteiger partial charge < -0.3 is 0 Å². The molecule has 0 saturated heterocycles. The van der Waals surface area contributed by atoms with E-state index in [0.29, 0.717) is 4.83 Å². The number of alkyl halides is 1. The van der Waals surface area contributed by atoms with Gasteiger partial charge in [-0.3, -0.25) is 0 Å². The molecule has 0 bridgehead atoms. The number of hydrogen-bond donors (Lipinski definition) is 0. The maximum absolute atomic E-state index is 3.78. The van der Waals surface area contributed by atoms with Crippen molar-refractivity contribution in [3.8, 4) is 0 Å². The summed E-state index contributed by atoms with van der Waals surface area (Å²) in [6.07, 6.45) is 0.981. The summed E-state index contributed by atoms with van der Waals surface area (Å²) >= 11 is 10.9. The highest BCUT2D eigenvalue weighted by molar-refractivity contribution is 9.11. The Bertz CT molecular complexity index is 532. The van der Waals surface area contributed by atoms with Crippen molar-refractivity contribution in [2.24, 2.45) is 0 Å². The lowest BCUT2D eigenvalue weighted by Crippen LogP contribution is -1.97. The Hall–Kier alpha value is -0.120. The third-order valence-corrected chi connectivity index (χ3v) is 4.88. The molecule has 0 aliphatic carbocycles. The van der Waals surface area contributed by atoms with Crippen LogP contribution in [0.5, 0.6) is 0 Å². The lowest BCUT2D eigenvalue weighted by molar-refractivity contribution is 0.941. The van der Waals surface area contributed by atoms with E-state index in [2.05, 4.69) is 97.2 Å². The second-order valence-corrected chi connectivity index (χ2v) is 7.20. The summed E-state index contributed by atoms with van der Waals surface area (Å²) in [5.74, 6) is 0.